The Bertz CT molecular complexity index is 4140. The number of carboxylic acids is 1. The van der Waals surface area contributed by atoms with E-state index in [0.29, 0.717) is 104 Å². The largest absolute Gasteiger partial charge is 0.488 e. The van der Waals surface area contributed by atoms with E-state index in [1.807, 2.05) is 63.5 Å². The average Bonchev–Trinajstić information content (AvgIpc) is 1.12. The van der Waals surface area contributed by atoms with Crippen LogP contribution in [0.25, 0.3) is 21.7 Å². The number of likely N-dealkylation sites (tertiary alicyclic amines) is 1. The lowest BCUT2D eigenvalue weighted by atomic mass is 9.68. The maximum absolute atomic E-state index is 15.1. The van der Waals surface area contributed by atoms with E-state index in [1.54, 1.807) is 52.8 Å². The lowest BCUT2D eigenvalue weighted by Crippen LogP contribution is -2.55. The van der Waals surface area contributed by atoms with Crippen LogP contribution in [-0.4, -0.2) is 183 Å². The molecule has 7 aromatic rings. The van der Waals surface area contributed by atoms with E-state index < -0.39 is 53.0 Å². The van der Waals surface area contributed by atoms with Crippen molar-refractivity contribution in [2.75, 3.05) is 93.0 Å². The third kappa shape index (κ3) is 17.1. The van der Waals surface area contributed by atoms with Crippen molar-refractivity contribution in [2.24, 2.45) is 17.1 Å². The fraction of sp³-hybridized carbons (Fsp3) is 0.473. The van der Waals surface area contributed by atoms with Gasteiger partial charge in [0.25, 0.3) is 5.88 Å². The van der Waals surface area contributed by atoms with Gasteiger partial charge in [-0.05, 0) is 142 Å². The maximum atomic E-state index is 15.1. The first kappa shape index (κ1) is 72.8. The average molecular weight is 1430 g/mol. The van der Waals surface area contributed by atoms with E-state index in [2.05, 4.69) is 85.2 Å². The number of fused-ring (bicyclic) bond motifs is 2. The minimum Gasteiger partial charge on any atom is -0.488 e. The highest BCUT2D eigenvalue weighted by Gasteiger charge is 2.52. The van der Waals surface area contributed by atoms with Crippen LogP contribution in [0.15, 0.2) is 107 Å². The van der Waals surface area contributed by atoms with Gasteiger partial charge >= 0.3 is 12.0 Å². The molecule has 5 fully saturated rings. The molecule has 3 aromatic carbocycles. The Hall–Kier alpha value is -10.0. The standard InChI is InChI=1S/C74H91FN16O11S/c1-44(2)65(70(94)90-28-7-10-59(90)69(93)81-46(4)49-13-15-50(16-14-49)66-47(5)80-43-103-66)62-38-64(86-102-62)100-33-31-87-29-30-88(45(3)39-87)32-34-99-63-36-53(23-27-78-63)91-54-20-21-55(91)41-89(40-54)60-37-58(84-85-67(60)76)56-35-51(75)17-22-61(56)101-42-48-11-18-52(19-12-48)82-68(92)57(9-6-26-79-73(77)98)83-71(95)74(72(96)97)24-8-25-74/h11-19,22-23,27,35-38,43-46,54-55,57,59,65H,6-10,20-21,24-26,28-34,39-42H2,1-5H3,(H2,76,85)(H,81,93)(H,82,92)(H,83,95)(H,96,97)(H3,77,79,98)/t45-,46+,54?,55?,57+,59+,65?/m1/s1. The Balaban J connectivity index is 0.583. The molecule has 12 rings (SSSR count). The van der Waals surface area contributed by atoms with Crippen LogP contribution in [0.5, 0.6) is 17.5 Å². The molecule has 4 aromatic heterocycles. The van der Waals surface area contributed by atoms with Gasteiger partial charge in [-0.25, -0.2) is 19.2 Å². The molecule has 8 heterocycles. The molecule has 2 bridgehead atoms. The van der Waals surface area contributed by atoms with Crippen molar-refractivity contribution < 1.29 is 57.0 Å². The van der Waals surface area contributed by atoms with Gasteiger partial charge in [0, 0.05) is 112 Å². The number of nitrogen functional groups attached to an aromatic ring is 1. The van der Waals surface area contributed by atoms with Gasteiger partial charge in [0.15, 0.2) is 11.6 Å². The number of halogens is 1. The van der Waals surface area contributed by atoms with Gasteiger partial charge in [0.05, 0.1) is 33.5 Å². The monoisotopic (exact) mass is 1430 g/mol. The summed E-state index contributed by atoms with van der Waals surface area (Å²) in [5.41, 5.74) is 18.7. The Morgan fingerprint density at radius 2 is 1.58 bits per heavy atom. The summed E-state index contributed by atoms with van der Waals surface area (Å²) >= 11 is 1.60. The van der Waals surface area contributed by atoms with Crippen molar-refractivity contribution in [2.45, 2.75) is 141 Å². The van der Waals surface area contributed by atoms with Crippen LogP contribution in [0.4, 0.5) is 32.1 Å². The minimum absolute atomic E-state index is 0.0647. The number of aryl methyl sites for hydroxylation is 1. The van der Waals surface area contributed by atoms with Gasteiger partial charge < -0.3 is 71.3 Å². The van der Waals surface area contributed by atoms with Crippen LogP contribution in [0.1, 0.15) is 120 Å². The third-order valence-electron chi connectivity index (χ3n) is 20.6. The number of ether oxygens (including phenoxy) is 3. The van der Waals surface area contributed by atoms with Gasteiger partial charge in [0.2, 0.25) is 29.5 Å². The number of carboxylic acid groups (broad SMARTS) is 1. The summed E-state index contributed by atoms with van der Waals surface area (Å²) < 4.78 is 39.7. The second-order valence-electron chi connectivity index (χ2n) is 27.8. The SMILES string of the molecule is Cc1ncsc1-c1ccc([C@H](C)NC(=O)[C@@H]2CCCN2C(=O)C(c2cc(OCCN3CCN(CCOc4cc(N5C6CCC5CN(c5cc(-c7cc(F)ccc7OCc7ccc(NC(=O)[C@H](CCCNC(N)=O)NC(=O)C8(C(=O)O)CCC8)cc7)nnc5N)C6)ccn4)[C@H](C)C3)no2)C(C)C)cc1. The van der Waals surface area contributed by atoms with E-state index in [0.717, 1.165) is 72.8 Å². The molecule has 27 nitrogen and oxygen atoms in total. The molecule has 5 aliphatic rings. The molecule has 4 saturated heterocycles. The number of nitrogens with one attached hydrogen (secondary N) is 4. The highest BCUT2D eigenvalue weighted by molar-refractivity contribution is 7.13. The third-order valence-corrected chi connectivity index (χ3v) is 21.6. The van der Waals surface area contributed by atoms with Gasteiger partial charge in [-0.2, -0.15) is 0 Å². The van der Waals surface area contributed by atoms with Crippen LogP contribution in [0.2, 0.25) is 0 Å². The van der Waals surface area contributed by atoms with E-state index in [1.165, 1.54) is 18.2 Å². The van der Waals surface area contributed by atoms with Crippen LogP contribution >= 0.6 is 11.3 Å². The quantitative estimate of drug-likeness (QED) is 0.0164. The number of aromatic nitrogens is 5. The van der Waals surface area contributed by atoms with Gasteiger partial charge in [0.1, 0.15) is 54.8 Å². The van der Waals surface area contributed by atoms with Crippen LogP contribution in [0.3, 0.4) is 0 Å². The maximum Gasteiger partial charge on any atom is 0.319 e. The Morgan fingerprint density at radius 1 is 0.825 bits per heavy atom. The van der Waals surface area contributed by atoms with Crippen LogP contribution in [0, 0.1) is 24.1 Å². The highest BCUT2D eigenvalue weighted by Crippen LogP contribution is 2.43. The van der Waals surface area contributed by atoms with Crippen molar-refractivity contribution >= 4 is 69.8 Å². The molecule has 1 aliphatic carbocycles. The first-order valence-corrected chi connectivity index (χ1v) is 36.4. The lowest BCUT2D eigenvalue weighted by Gasteiger charge is -2.43. The normalized spacial score (nSPS) is 19.6. The second kappa shape index (κ2) is 32.5. The first-order chi connectivity index (χ1) is 49.7. The predicted molar refractivity (Wildman–Crippen MR) is 386 cm³/mol. The zero-order valence-electron chi connectivity index (χ0n) is 58.7. The summed E-state index contributed by atoms with van der Waals surface area (Å²) in [6.07, 6.45) is 6.33. The molecule has 103 heavy (non-hydrogen) atoms. The number of primary amides is 1. The smallest absolute Gasteiger partial charge is 0.319 e. The fourth-order valence-corrected chi connectivity index (χ4v) is 15.6. The second-order valence-corrected chi connectivity index (χ2v) is 28.7. The molecule has 4 aliphatic heterocycles. The number of amides is 6. The van der Waals surface area contributed by atoms with E-state index >= 15 is 4.39 Å². The molecule has 1 saturated carbocycles. The van der Waals surface area contributed by atoms with E-state index in [9.17, 15) is 33.9 Å². The molecular formula is C74H91FN16O11S. The Morgan fingerprint density at radius 3 is 2.28 bits per heavy atom. The predicted octanol–water partition coefficient (Wildman–Crippen LogP) is 8.32. The number of hydrogen-bond donors (Lipinski definition) is 7. The zero-order valence-corrected chi connectivity index (χ0v) is 59.5. The molecular weight excluding hydrogens is 1340 g/mol. The molecule has 29 heteroatoms. The first-order valence-electron chi connectivity index (χ1n) is 35.5. The molecule has 7 atom stereocenters. The Labute approximate surface area is 601 Å². The number of urea groups is 1. The number of carbonyl (C=O) groups is 6. The number of benzene rings is 3. The van der Waals surface area contributed by atoms with Crippen molar-refractivity contribution in [3.05, 3.63) is 131 Å². The number of nitrogens with two attached hydrogens (primary N) is 2. The van der Waals surface area contributed by atoms with Crippen molar-refractivity contribution in [1.82, 2.24) is 56.0 Å². The van der Waals surface area contributed by atoms with Gasteiger partial charge in [-0.3, -0.25) is 33.8 Å². The summed E-state index contributed by atoms with van der Waals surface area (Å²) in [5.74, 6) is -2.22. The Kier molecular flexibility index (Phi) is 23.0. The van der Waals surface area contributed by atoms with E-state index in [-0.39, 0.29) is 86.6 Å². The van der Waals surface area contributed by atoms with E-state index in [4.69, 9.17) is 30.2 Å². The number of hydrogen-bond acceptors (Lipinski definition) is 21. The molecule has 0 spiro atoms. The fourth-order valence-electron chi connectivity index (χ4n) is 14.7. The summed E-state index contributed by atoms with van der Waals surface area (Å²) in [6, 6.07) is 24.6. The molecule has 9 N–H and O–H groups in total. The van der Waals surface area contributed by atoms with Crippen molar-refractivity contribution in [3.63, 3.8) is 0 Å². The number of carbonyl (C=O) groups excluding carboxylic acids is 5. The van der Waals surface area contributed by atoms with Crippen LogP contribution < -0.4 is 56.7 Å². The molecule has 546 valence electrons. The van der Waals surface area contributed by atoms with Gasteiger partial charge in [-0.15, -0.1) is 21.5 Å². The number of thiazole rings is 1. The highest BCUT2D eigenvalue weighted by atomic mass is 32.1. The number of aliphatic carboxylic acids is 1. The summed E-state index contributed by atoms with van der Waals surface area (Å²) in [7, 11) is 0. The van der Waals surface area contributed by atoms with Crippen molar-refractivity contribution in [1.29, 1.82) is 0 Å². The topological polar surface area (TPSA) is 344 Å². The zero-order chi connectivity index (χ0) is 72.5. The van der Waals surface area contributed by atoms with Crippen molar-refractivity contribution in [3.8, 4) is 39.2 Å². The number of anilines is 4. The van der Waals surface area contributed by atoms with Gasteiger partial charge in [-0.1, -0.05) is 56.7 Å². The summed E-state index contributed by atoms with van der Waals surface area (Å²) in [6.45, 7) is 16.9. The number of nitrogens with zero attached hydrogens (tertiary/aromatic N) is 10. The number of rotatable bonds is 30. The minimum atomic E-state index is -1.59. The molecule has 6 amide bonds. The summed E-state index contributed by atoms with van der Waals surface area (Å²) in [5, 5.41) is 33.9. The molecule has 3 unspecified atom stereocenters. The number of piperazine rings is 2. The summed E-state index contributed by atoms with van der Waals surface area (Å²) in [4.78, 5) is 99.4. The number of pyridine rings is 1. The lowest BCUT2D eigenvalue weighted by molar-refractivity contribution is -0.162. The molecule has 0 radical (unpaired) electrons. The van der Waals surface area contributed by atoms with Crippen LogP contribution in [-0.2, 0) is 30.6 Å².